The third-order valence-corrected chi connectivity index (χ3v) is 3.95. The lowest BCUT2D eigenvalue weighted by molar-refractivity contribution is 0.0990. The third-order valence-electron chi connectivity index (χ3n) is 2.64. The fourth-order valence-corrected chi connectivity index (χ4v) is 2.58. The van der Waals surface area contributed by atoms with Gasteiger partial charge in [-0.15, -0.1) is 0 Å². The van der Waals surface area contributed by atoms with Gasteiger partial charge in [-0.1, -0.05) is 30.0 Å². The summed E-state index contributed by atoms with van der Waals surface area (Å²) in [4.78, 5) is 18.7. The van der Waals surface area contributed by atoms with Gasteiger partial charge < -0.3 is 10.3 Å². The smallest absolute Gasteiger partial charge is 0.165 e. The van der Waals surface area contributed by atoms with E-state index in [9.17, 15) is 4.79 Å². The molecule has 2 aromatic heterocycles. The van der Waals surface area contributed by atoms with Crippen LogP contribution in [0.25, 0.3) is 0 Å². The average Bonchev–Trinajstić information content (AvgIpc) is 3.00. The van der Waals surface area contributed by atoms with Crippen molar-refractivity contribution in [3.63, 3.8) is 0 Å². The maximum absolute atomic E-state index is 11.8. The van der Waals surface area contributed by atoms with E-state index in [-0.39, 0.29) is 5.78 Å². The van der Waals surface area contributed by atoms with E-state index < -0.39 is 0 Å². The molecule has 0 saturated carbocycles. The fraction of sp³-hybridized carbons (Fsp3) is 0.214. The Bertz CT molecular complexity index is 555. The maximum atomic E-state index is 11.8. The highest BCUT2D eigenvalue weighted by Gasteiger charge is 2.06. The molecule has 2 rings (SSSR count). The van der Waals surface area contributed by atoms with Crippen LogP contribution >= 0.6 is 24.0 Å². The van der Waals surface area contributed by atoms with Crippen molar-refractivity contribution in [3.05, 3.63) is 54.1 Å². The predicted octanol–water partition coefficient (Wildman–Crippen LogP) is 2.79. The topological polar surface area (TPSA) is 57.8 Å². The molecule has 20 heavy (non-hydrogen) atoms. The molecule has 0 aliphatic carbocycles. The third kappa shape index (κ3) is 4.79. The van der Waals surface area contributed by atoms with E-state index in [1.54, 1.807) is 30.9 Å². The summed E-state index contributed by atoms with van der Waals surface area (Å²) in [7, 11) is 0. The van der Waals surface area contributed by atoms with Gasteiger partial charge >= 0.3 is 0 Å². The molecule has 0 spiro atoms. The highest BCUT2D eigenvalue weighted by molar-refractivity contribution is 8.22. The normalized spacial score (nSPS) is 10.2. The van der Waals surface area contributed by atoms with Crippen LogP contribution in [0.3, 0.4) is 0 Å². The van der Waals surface area contributed by atoms with E-state index in [1.165, 1.54) is 11.8 Å². The number of Topliss-reactive ketones (excluding diaryl/α,β-unsaturated/α-hetero) is 1. The summed E-state index contributed by atoms with van der Waals surface area (Å²) in [5.74, 6) is 0.817. The van der Waals surface area contributed by atoms with E-state index >= 15 is 0 Å². The second kappa shape index (κ2) is 7.81. The molecule has 0 amide bonds. The van der Waals surface area contributed by atoms with Crippen molar-refractivity contribution >= 4 is 34.1 Å². The van der Waals surface area contributed by atoms with E-state index in [0.717, 1.165) is 11.1 Å². The highest BCUT2D eigenvalue weighted by Crippen LogP contribution is 2.09. The molecule has 0 atom stereocenters. The molecule has 0 radical (unpaired) electrons. The fourth-order valence-electron chi connectivity index (χ4n) is 1.61. The van der Waals surface area contributed by atoms with Crippen LogP contribution in [0.15, 0.2) is 43.0 Å². The van der Waals surface area contributed by atoms with Gasteiger partial charge in [0.15, 0.2) is 5.78 Å². The summed E-state index contributed by atoms with van der Waals surface area (Å²) in [5.41, 5.74) is 1.80. The number of aromatic amines is 1. The quantitative estimate of drug-likeness (QED) is 0.635. The van der Waals surface area contributed by atoms with Crippen LogP contribution in [0.4, 0.5) is 0 Å². The van der Waals surface area contributed by atoms with E-state index in [1.807, 2.05) is 12.1 Å². The number of thioether (sulfide) groups is 1. The summed E-state index contributed by atoms with van der Waals surface area (Å²) in [6, 6.07) is 5.66. The molecule has 0 aromatic carbocycles. The summed E-state index contributed by atoms with van der Waals surface area (Å²) in [6.07, 6.45) is 7.49. The minimum absolute atomic E-state index is 0.133. The Hall–Kier alpha value is -1.66. The second-order valence-electron chi connectivity index (χ2n) is 4.12. The molecular formula is C14H15N3OS2. The van der Waals surface area contributed by atoms with Crippen molar-refractivity contribution in [1.82, 2.24) is 15.3 Å². The van der Waals surface area contributed by atoms with Gasteiger partial charge in [-0.25, -0.2) is 0 Å². The first-order valence-electron chi connectivity index (χ1n) is 6.21. The zero-order valence-electron chi connectivity index (χ0n) is 10.8. The van der Waals surface area contributed by atoms with E-state index in [4.69, 9.17) is 12.2 Å². The highest BCUT2D eigenvalue weighted by atomic mass is 32.2. The van der Waals surface area contributed by atoms with Crippen LogP contribution < -0.4 is 5.32 Å². The summed E-state index contributed by atoms with van der Waals surface area (Å²) < 4.78 is 0.704. The van der Waals surface area contributed by atoms with Gasteiger partial charge in [-0.05, 0) is 17.7 Å². The number of carbonyl (C=O) groups is 1. The van der Waals surface area contributed by atoms with Crippen LogP contribution in [0.2, 0.25) is 0 Å². The Balaban J connectivity index is 1.64. The lowest BCUT2D eigenvalue weighted by Gasteiger charge is -2.06. The van der Waals surface area contributed by atoms with Crippen LogP contribution in [0.5, 0.6) is 0 Å². The average molecular weight is 305 g/mol. The van der Waals surface area contributed by atoms with Crippen molar-refractivity contribution in [2.24, 2.45) is 0 Å². The van der Waals surface area contributed by atoms with Gasteiger partial charge in [0.1, 0.15) is 4.32 Å². The van der Waals surface area contributed by atoms with Crippen LogP contribution in [0, 0.1) is 0 Å². The molecular weight excluding hydrogens is 290 g/mol. The number of ketones is 1. The summed E-state index contributed by atoms with van der Waals surface area (Å²) in [6.45, 7) is 0.658. The number of thiocarbonyl (C=S) groups is 1. The van der Waals surface area contributed by atoms with E-state index in [0.29, 0.717) is 23.0 Å². The molecule has 2 heterocycles. The molecule has 0 unspecified atom stereocenters. The number of nitrogens with one attached hydrogen (secondary N) is 2. The van der Waals surface area contributed by atoms with Gasteiger partial charge in [-0.2, -0.15) is 0 Å². The first-order valence-corrected chi connectivity index (χ1v) is 7.60. The number of pyridine rings is 1. The minimum atomic E-state index is 0.133. The van der Waals surface area contributed by atoms with Crippen molar-refractivity contribution in [2.45, 2.75) is 13.0 Å². The number of hydrogen-bond donors (Lipinski definition) is 2. The molecule has 2 aromatic rings. The maximum Gasteiger partial charge on any atom is 0.165 e. The number of H-pyrrole nitrogens is 1. The number of carbonyl (C=O) groups excluding carboxylic acids is 1. The van der Waals surface area contributed by atoms with Crippen LogP contribution in [0.1, 0.15) is 22.3 Å². The SMILES string of the molecule is O=C(CCSC(=S)NCc1cccnc1)c1cc[nH]c1. The zero-order valence-corrected chi connectivity index (χ0v) is 12.5. The number of aromatic nitrogens is 2. The molecule has 0 saturated heterocycles. The van der Waals surface area contributed by atoms with Crippen LogP contribution in [-0.4, -0.2) is 25.8 Å². The van der Waals surface area contributed by atoms with Crippen LogP contribution in [-0.2, 0) is 6.54 Å². The van der Waals surface area contributed by atoms with Gasteiger partial charge in [0, 0.05) is 49.1 Å². The Morgan fingerprint density at radius 3 is 3.05 bits per heavy atom. The van der Waals surface area contributed by atoms with Crippen molar-refractivity contribution in [1.29, 1.82) is 0 Å². The molecule has 6 heteroatoms. The minimum Gasteiger partial charge on any atom is -0.367 e. The predicted molar refractivity (Wildman–Crippen MR) is 85.9 cm³/mol. The lowest BCUT2D eigenvalue weighted by atomic mass is 10.2. The first-order chi connectivity index (χ1) is 9.75. The largest absolute Gasteiger partial charge is 0.367 e. The number of hydrogen-bond acceptors (Lipinski definition) is 4. The first kappa shape index (κ1) is 14.7. The van der Waals surface area contributed by atoms with Gasteiger partial charge in [0.05, 0.1) is 0 Å². The molecule has 4 nitrogen and oxygen atoms in total. The van der Waals surface area contributed by atoms with E-state index in [2.05, 4.69) is 15.3 Å². The van der Waals surface area contributed by atoms with Crippen molar-refractivity contribution in [2.75, 3.05) is 5.75 Å². The van der Waals surface area contributed by atoms with Gasteiger partial charge in [-0.3, -0.25) is 9.78 Å². The standard InChI is InChI=1S/C14H15N3OS2/c18-13(12-3-6-16-10-12)4-7-20-14(19)17-9-11-2-1-5-15-8-11/h1-3,5-6,8,10,16H,4,7,9H2,(H,17,19). The Morgan fingerprint density at radius 2 is 2.35 bits per heavy atom. The Morgan fingerprint density at radius 1 is 1.45 bits per heavy atom. The molecule has 0 fully saturated rings. The Labute approximate surface area is 127 Å². The number of rotatable bonds is 6. The molecule has 2 N–H and O–H groups in total. The monoisotopic (exact) mass is 305 g/mol. The molecule has 0 bridgehead atoms. The lowest BCUT2D eigenvalue weighted by Crippen LogP contribution is -2.18. The summed E-state index contributed by atoms with van der Waals surface area (Å²) >= 11 is 6.71. The van der Waals surface area contributed by atoms with Crippen molar-refractivity contribution in [3.8, 4) is 0 Å². The zero-order chi connectivity index (χ0) is 14.2. The number of nitrogens with zero attached hydrogens (tertiary/aromatic N) is 1. The molecule has 0 aliphatic heterocycles. The molecule has 104 valence electrons. The van der Waals surface area contributed by atoms with Gasteiger partial charge in [0.25, 0.3) is 0 Å². The summed E-state index contributed by atoms with van der Waals surface area (Å²) in [5, 5.41) is 3.14. The molecule has 0 aliphatic rings. The van der Waals surface area contributed by atoms with Gasteiger partial charge in [0.2, 0.25) is 0 Å². The Kier molecular flexibility index (Phi) is 5.76. The second-order valence-corrected chi connectivity index (χ2v) is 5.90. The van der Waals surface area contributed by atoms with Crippen molar-refractivity contribution < 1.29 is 4.79 Å².